The van der Waals surface area contributed by atoms with E-state index in [0.717, 1.165) is 22.9 Å². The summed E-state index contributed by atoms with van der Waals surface area (Å²) in [5.74, 6) is 0.682. The van der Waals surface area contributed by atoms with Gasteiger partial charge in [0.15, 0.2) is 0 Å². The van der Waals surface area contributed by atoms with Gasteiger partial charge in [-0.25, -0.2) is 0 Å². The molecule has 2 N–H and O–H groups in total. The van der Waals surface area contributed by atoms with Crippen LogP contribution >= 0.6 is 22.7 Å². The third kappa shape index (κ3) is 5.94. The predicted octanol–water partition coefficient (Wildman–Crippen LogP) is 3.84. The van der Waals surface area contributed by atoms with Crippen molar-refractivity contribution < 1.29 is 9.59 Å². The van der Waals surface area contributed by atoms with Crippen LogP contribution < -0.4 is 10.6 Å². The highest BCUT2D eigenvalue weighted by atomic mass is 32.1. The second kappa shape index (κ2) is 11.0. The van der Waals surface area contributed by atoms with Crippen molar-refractivity contribution in [3.8, 4) is 0 Å². The summed E-state index contributed by atoms with van der Waals surface area (Å²) in [5.41, 5.74) is 1.42. The summed E-state index contributed by atoms with van der Waals surface area (Å²) in [6.45, 7) is 2.14. The summed E-state index contributed by atoms with van der Waals surface area (Å²) in [5, 5.41) is 25.4. The molecule has 4 heterocycles. The molecular weight excluding hydrogens is 496 g/mol. The van der Waals surface area contributed by atoms with Crippen LogP contribution in [-0.2, 0) is 22.4 Å². The van der Waals surface area contributed by atoms with E-state index in [-0.39, 0.29) is 30.6 Å². The lowest BCUT2D eigenvalue weighted by molar-refractivity contribution is -0.116. The summed E-state index contributed by atoms with van der Waals surface area (Å²) >= 11 is 2.84. The molecule has 0 unspecified atom stereocenters. The monoisotopic (exact) mass is 520 g/mol. The zero-order valence-corrected chi connectivity index (χ0v) is 21.1. The van der Waals surface area contributed by atoms with Crippen molar-refractivity contribution in [3.63, 3.8) is 0 Å². The number of nitrogens with one attached hydrogen (secondary N) is 2. The molecule has 2 amide bonds. The molecule has 0 bridgehead atoms. The number of amides is 2. The molecular formula is C24H24N8O2S2. The van der Waals surface area contributed by atoms with Crippen molar-refractivity contribution in [2.45, 2.75) is 44.4 Å². The Morgan fingerprint density at radius 3 is 2.03 bits per heavy atom. The van der Waals surface area contributed by atoms with Crippen molar-refractivity contribution in [2.24, 2.45) is 5.92 Å². The molecule has 0 saturated heterocycles. The fourth-order valence-electron chi connectivity index (χ4n) is 4.05. The minimum atomic E-state index is -0.160. The Balaban J connectivity index is 1.09. The van der Waals surface area contributed by atoms with E-state index in [4.69, 9.17) is 0 Å². The van der Waals surface area contributed by atoms with Gasteiger partial charge in [-0.1, -0.05) is 41.7 Å². The second-order valence-corrected chi connectivity index (χ2v) is 10.7. The van der Waals surface area contributed by atoms with Crippen molar-refractivity contribution >= 4 is 44.8 Å². The summed E-state index contributed by atoms with van der Waals surface area (Å²) < 4.78 is 0. The highest BCUT2D eigenvalue weighted by Gasteiger charge is 2.38. The quantitative estimate of drug-likeness (QED) is 0.340. The number of aromatic nitrogens is 6. The zero-order valence-electron chi connectivity index (χ0n) is 19.5. The number of nitrogens with zero attached hydrogens (tertiary/aromatic N) is 6. The van der Waals surface area contributed by atoms with Crippen LogP contribution in [0.1, 0.15) is 53.0 Å². The molecule has 0 spiro atoms. The van der Waals surface area contributed by atoms with Crippen LogP contribution in [0, 0.1) is 5.92 Å². The van der Waals surface area contributed by atoms with Gasteiger partial charge in [0.2, 0.25) is 22.1 Å². The molecule has 0 aliphatic heterocycles. The van der Waals surface area contributed by atoms with Gasteiger partial charge in [-0.05, 0) is 43.0 Å². The molecule has 36 heavy (non-hydrogen) atoms. The average molecular weight is 521 g/mol. The van der Waals surface area contributed by atoms with E-state index in [1.807, 2.05) is 36.4 Å². The second-order valence-electron chi connectivity index (χ2n) is 8.70. The van der Waals surface area contributed by atoms with E-state index in [1.165, 1.54) is 22.7 Å². The number of anilines is 2. The Hall–Kier alpha value is -3.64. The van der Waals surface area contributed by atoms with E-state index in [9.17, 15) is 9.59 Å². The van der Waals surface area contributed by atoms with E-state index < -0.39 is 0 Å². The molecule has 1 saturated carbocycles. The number of hydrogen-bond donors (Lipinski definition) is 2. The lowest BCUT2D eigenvalue weighted by Gasteiger charge is -2.36. The lowest BCUT2D eigenvalue weighted by atomic mass is 9.69. The maximum absolute atomic E-state index is 12.3. The van der Waals surface area contributed by atoms with Gasteiger partial charge >= 0.3 is 0 Å². The topological polar surface area (TPSA) is 136 Å². The van der Waals surface area contributed by atoms with Gasteiger partial charge < -0.3 is 10.6 Å². The maximum atomic E-state index is 12.3. The number of pyridine rings is 2. The first-order valence-electron chi connectivity index (χ1n) is 11.6. The molecule has 1 aliphatic rings. The first-order chi connectivity index (χ1) is 17.5. The van der Waals surface area contributed by atoms with Crippen LogP contribution in [0.15, 0.2) is 48.8 Å². The highest BCUT2D eigenvalue weighted by Crippen LogP contribution is 2.49. The zero-order chi connectivity index (χ0) is 24.9. The fraction of sp³-hybridized carbons (Fsp3) is 0.333. The van der Waals surface area contributed by atoms with Crippen molar-refractivity contribution in [1.29, 1.82) is 0 Å². The Morgan fingerprint density at radius 1 is 0.861 bits per heavy atom. The standard InChI is InChI=1S/C24H24N8O2S2/c1-14(21-29-31-23(35-21)27-19(33)12-17-6-2-4-8-25-17)15-10-16(11-15)22-30-32-24(36-22)28-20(34)13-18-7-3-5-9-26-18/h2-9,14-16H,10-13H2,1H3,(H,27,31,33)(H,28,32,34)/t14-,15?,16?/m1/s1. The summed E-state index contributed by atoms with van der Waals surface area (Å²) in [6, 6.07) is 11.0. The molecule has 5 rings (SSSR count). The number of carbonyl (C=O) groups excluding carboxylic acids is 2. The van der Waals surface area contributed by atoms with E-state index in [0.29, 0.717) is 33.5 Å². The highest BCUT2D eigenvalue weighted by molar-refractivity contribution is 7.15. The Labute approximate surface area is 215 Å². The summed E-state index contributed by atoms with van der Waals surface area (Å²) in [7, 11) is 0. The Kier molecular flexibility index (Phi) is 7.33. The minimum absolute atomic E-state index is 0.157. The smallest absolute Gasteiger partial charge is 0.232 e. The van der Waals surface area contributed by atoms with E-state index in [2.05, 4.69) is 47.9 Å². The van der Waals surface area contributed by atoms with Gasteiger partial charge in [0.25, 0.3) is 0 Å². The number of rotatable bonds is 9. The Bertz CT molecular complexity index is 1320. The van der Waals surface area contributed by atoms with Crippen molar-refractivity contribution in [2.75, 3.05) is 10.6 Å². The summed E-state index contributed by atoms with van der Waals surface area (Å²) in [6.07, 6.45) is 5.68. The molecule has 4 aromatic rings. The first-order valence-corrected chi connectivity index (χ1v) is 13.2. The normalized spacial score (nSPS) is 17.7. The number of carbonyl (C=O) groups is 2. The van der Waals surface area contributed by atoms with Gasteiger partial charge in [0.1, 0.15) is 10.0 Å². The molecule has 4 aromatic heterocycles. The van der Waals surface area contributed by atoms with Crippen LogP contribution in [0.5, 0.6) is 0 Å². The average Bonchev–Trinajstić information content (AvgIpc) is 3.49. The van der Waals surface area contributed by atoms with Gasteiger partial charge in [0, 0.05) is 35.6 Å². The van der Waals surface area contributed by atoms with E-state index in [1.54, 1.807) is 12.4 Å². The molecule has 10 nitrogen and oxygen atoms in total. The predicted molar refractivity (Wildman–Crippen MR) is 137 cm³/mol. The molecule has 12 heteroatoms. The summed E-state index contributed by atoms with van der Waals surface area (Å²) in [4.78, 5) is 32.9. The van der Waals surface area contributed by atoms with E-state index >= 15 is 0 Å². The van der Waals surface area contributed by atoms with Crippen LogP contribution in [-0.4, -0.2) is 42.2 Å². The molecule has 1 aliphatic carbocycles. The molecule has 0 radical (unpaired) electrons. The fourth-order valence-corrected chi connectivity index (χ4v) is 5.84. The first kappa shape index (κ1) is 24.1. The van der Waals surface area contributed by atoms with Gasteiger partial charge in [-0.15, -0.1) is 20.4 Å². The largest absolute Gasteiger partial charge is 0.300 e. The van der Waals surface area contributed by atoms with Crippen molar-refractivity contribution in [3.05, 3.63) is 70.2 Å². The third-order valence-corrected chi connectivity index (χ3v) is 8.17. The van der Waals surface area contributed by atoms with Crippen molar-refractivity contribution in [1.82, 2.24) is 30.4 Å². The Morgan fingerprint density at radius 2 is 1.44 bits per heavy atom. The van der Waals surface area contributed by atoms with Crippen LogP contribution in [0.25, 0.3) is 0 Å². The number of hydrogen-bond acceptors (Lipinski definition) is 10. The molecule has 1 fully saturated rings. The van der Waals surface area contributed by atoms with Gasteiger partial charge in [0.05, 0.1) is 12.8 Å². The minimum Gasteiger partial charge on any atom is -0.300 e. The third-order valence-electron chi connectivity index (χ3n) is 6.13. The SMILES string of the molecule is C[C@@H](c1nnc(NC(=O)Cc2ccccn2)s1)C1CC(c2nnc(NC(=O)Cc3ccccn3)s2)C1. The van der Waals surface area contributed by atoms with Crippen LogP contribution in [0.4, 0.5) is 10.3 Å². The molecule has 0 aromatic carbocycles. The maximum Gasteiger partial charge on any atom is 0.232 e. The van der Waals surface area contributed by atoms with Gasteiger partial charge in [-0.2, -0.15) is 0 Å². The van der Waals surface area contributed by atoms with Crippen LogP contribution in [0.2, 0.25) is 0 Å². The van der Waals surface area contributed by atoms with Crippen LogP contribution in [0.3, 0.4) is 0 Å². The molecule has 184 valence electrons. The van der Waals surface area contributed by atoms with Gasteiger partial charge in [-0.3, -0.25) is 19.6 Å². The molecule has 1 atom stereocenters. The lowest BCUT2D eigenvalue weighted by Crippen LogP contribution is -2.26.